The number of carbonyl (C=O) groups excluding carboxylic acids is 1. The zero-order valence-electron chi connectivity index (χ0n) is 11.3. The second-order valence-corrected chi connectivity index (χ2v) is 4.35. The molecule has 0 spiro atoms. The van der Waals surface area contributed by atoms with Crippen molar-refractivity contribution in [1.82, 2.24) is 4.98 Å². The number of fused-ring (bicyclic) bond motifs is 1. The van der Waals surface area contributed by atoms with Gasteiger partial charge in [-0.15, -0.1) is 0 Å². The molecule has 21 heavy (non-hydrogen) atoms. The lowest BCUT2D eigenvalue weighted by Crippen LogP contribution is -2.19. The van der Waals surface area contributed by atoms with Crippen LogP contribution in [0, 0.1) is 0 Å². The van der Waals surface area contributed by atoms with Crippen LogP contribution in [-0.4, -0.2) is 18.1 Å². The molecule has 1 heterocycles. The number of carbonyl (C=O) groups is 1. The molecule has 0 unspecified atom stereocenters. The highest BCUT2D eigenvalue weighted by Crippen LogP contribution is 2.19. The second kappa shape index (κ2) is 5.54. The molecule has 0 aliphatic heterocycles. The summed E-state index contributed by atoms with van der Waals surface area (Å²) in [5, 5.41) is 5.46. The standard InChI is InChI=1S/C15H13N3O3/c1-20-12-4-2-3-10(7-12)17-15(19)18-11-5-6-13-14(8-11)21-9-16-13/h2-9H,1H3,(H2,17,18,19). The fourth-order valence-electron chi connectivity index (χ4n) is 1.93. The molecule has 106 valence electrons. The van der Waals surface area contributed by atoms with Crippen molar-refractivity contribution in [2.24, 2.45) is 0 Å². The molecule has 0 saturated heterocycles. The van der Waals surface area contributed by atoms with Crippen molar-refractivity contribution in [2.75, 3.05) is 17.7 Å². The van der Waals surface area contributed by atoms with Gasteiger partial charge in [-0.3, -0.25) is 0 Å². The summed E-state index contributed by atoms with van der Waals surface area (Å²) in [7, 11) is 1.58. The lowest BCUT2D eigenvalue weighted by Gasteiger charge is -2.08. The fraction of sp³-hybridized carbons (Fsp3) is 0.0667. The van der Waals surface area contributed by atoms with Crippen LogP contribution in [0.2, 0.25) is 0 Å². The topological polar surface area (TPSA) is 76.4 Å². The average Bonchev–Trinajstić information content (AvgIpc) is 2.95. The number of nitrogens with one attached hydrogen (secondary N) is 2. The highest BCUT2D eigenvalue weighted by atomic mass is 16.5. The number of amides is 2. The molecule has 6 heteroatoms. The van der Waals surface area contributed by atoms with Gasteiger partial charge in [0.25, 0.3) is 0 Å². The SMILES string of the molecule is COc1cccc(NC(=O)Nc2ccc3ncoc3c2)c1. The Hall–Kier alpha value is -3.02. The Balaban J connectivity index is 1.70. The number of methoxy groups -OCH3 is 1. The number of benzene rings is 2. The van der Waals surface area contributed by atoms with E-state index in [1.165, 1.54) is 6.39 Å². The van der Waals surface area contributed by atoms with E-state index in [-0.39, 0.29) is 6.03 Å². The van der Waals surface area contributed by atoms with Crippen LogP contribution in [0.5, 0.6) is 5.75 Å². The number of hydrogen-bond acceptors (Lipinski definition) is 4. The van der Waals surface area contributed by atoms with Gasteiger partial charge in [0, 0.05) is 23.5 Å². The third-order valence-corrected chi connectivity index (χ3v) is 2.92. The lowest BCUT2D eigenvalue weighted by molar-refractivity contribution is 0.262. The first kappa shape index (κ1) is 13.0. The molecule has 0 atom stereocenters. The predicted octanol–water partition coefficient (Wildman–Crippen LogP) is 3.48. The van der Waals surface area contributed by atoms with Crippen LogP contribution in [0.25, 0.3) is 11.1 Å². The van der Waals surface area contributed by atoms with E-state index in [9.17, 15) is 4.79 Å². The summed E-state index contributed by atoms with van der Waals surface area (Å²) < 4.78 is 10.3. The summed E-state index contributed by atoms with van der Waals surface area (Å²) in [4.78, 5) is 16.0. The van der Waals surface area contributed by atoms with Crippen LogP contribution < -0.4 is 15.4 Å². The largest absolute Gasteiger partial charge is 0.497 e. The van der Waals surface area contributed by atoms with Gasteiger partial charge in [0.2, 0.25) is 0 Å². The van der Waals surface area contributed by atoms with Crippen molar-refractivity contribution in [3.8, 4) is 5.75 Å². The number of ether oxygens (including phenoxy) is 1. The average molecular weight is 283 g/mol. The smallest absolute Gasteiger partial charge is 0.323 e. The van der Waals surface area contributed by atoms with Gasteiger partial charge in [-0.25, -0.2) is 9.78 Å². The van der Waals surface area contributed by atoms with E-state index in [0.29, 0.717) is 22.7 Å². The van der Waals surface area contributed by atoms with Crippen molar-refractivity contribution >= 4 is 28.5 Å². The van der Waals surface area contributed by atoms with E-state index in [1.54, 1.807) is 49.6 Å². The highest BCUT2D eigenvalue weighted by Gasteiger charge is 2.05. The lowest BCUT2D eigenvalue weighted by atomic mass is 10.3. The van der Waals surface area contributed by atoms with Crippen molar-refractivity contribution in [3.05, 3.63) is 48.9 Å². The summed E-state index contributed by atoms with van der Waals surface area (Å²) >= 11 is 0. The second-order valence-electron chi connectivity index (χ2n) is 4.35. The summed E-state index contributed by atoms with van der Waals surface area (Å²) in [6, 6.07) is 12.0. The van der Waals surface area contributed by atoms with E-state index in [4.69, 9.17) is 9.15 Å². The molecule has 0 fully saturated rings. The Labute approximate surface area is 120 Å². The zero-order chi connectivity index (χ0) is 14.7. The van der Waals surface area contributed by atoms with Gasteiger partial charge >= 0.3 is 6.03 Å². The number of oxazole rings is 1. The number of hydrogen-bond donors (Lipinski definition) is 2. The maximum atomic E-state index is 11.9. The Bertz CT molecular complexity index is 782. The number of urea groups is 1. The summed E-state index contributed by atoms with van der Waals surface area (Å²) in [6.07, 6.45) is 1.37. The van der Waals surface area contributed by atoms with E-state index < -0.39 is 0 Å². The first-order valence-electron chi connectivity index (χ1n) is 6.30. The minimum Gasteiger partial charge on any atom is -0.497 e. The van der Waals surface area contributed by atoms with Crippen molar-refractivity contribution in [1.29, 1.82) is 0 Å². The van der Waals surface area contributed by atoms with Gasteiger partial charge in [0.15, 0.2) is 12.0 Å². The normalized spacial score (nSPS) is 10.3. The number of rotatable bonds is 3. The fourth-order valence-corrected chi connectivity index (χ4v) is 1.93. The molecule has 2 amide bonds. The van der Waals surface area contributed by atoms with Gasteiger partial charge in [0.05, 0.1) is 7.11 Å². The van der Waals surface area contributed by atoms with E-state index in [1.807, 2.05) is 0 Å². The molecule has 2 aromatic carbocycles. The van der Waals surface area contributed by atoms with Crippen LogP contribution in [0.15, 0.2) is 53.3 Å². The molecule has 2 N–H and O–H groups in total. The summed E-state index contributed by atoms with van der Waals surface area (Å²) in [5.41, 5.74) is 2.63. The predicted molar refractivity (Wildman–Crippen MR) is 79.6 cm³/mol. The molecule has 6 nitrogen and oxygen atoms in total. The molecule has 1 aromatic heterocycles. The summed E-state index contributed by atoms with van der Waals surface area (Å²) in [5.74, 6) is 0.677. The highest BCUT2D eigenvalue weighted by molar-refractivity contribution is 6.00. The maximum absolute atomic E-state index is 11.9. The van der Waals surface area contributed by atoms with Crippen LogP contribution in [0.4, 0.5) is 16.2 Å². The Morgan fingerprint density at radius 3 is 2.76 bits per heavy atom. The van der Waals surface area contributed by atoms with Gasteiger partial charge in [-0.2, -0.15) is 0 Å². The molecule has 0 aliphatic carbocycles. The van der Waals surface area contributed by atoms with E-state index in [0.717, 1.165) is 5.52 Å². The van der Waals surface area contributed by atoms with Crippen LogP contribution in [0.1, 0.15) is 0 Å². The van der Waals surface area contributed by atoms with Crippen LogP contribution in [-0.2, 0) is 0 Å². The molecule has 3 aromatic rings. The Kier molecular flexibility index (Phi) is 3.42. The number of aromatic nitrogens is 1. The molecule has 0 bridgehead atoms. The number of nitrogens with zero attached hydrogens (tertiary/aromatic N) is 1. The monoisotopic (exact) mass is 283 g/mol. The van der Waals surface area contributed by atoms with Gasteiger partial charge in [0.1, 0.15) is 11.3 Å². The van der Waals surface area contributed by atoms with E-state index in [2.05, 4.69) is 15.6 Å². The molecule has 3 rings (SSSR count). The minimum atomic E-state index is -0.345. The zero-order valence-corrected chi connectivity index (χ0v) is 11.3. The van der Waals surface area contributed by atoms with Crippen molar-refractivity contribution in [3.63, 3.8) is 0 Å². The van der Waals surface area contributed by atoms with Crippen LogP contribution in [0.3, 0.4) is 0 Å². The molecular formula is C15H13N3O3. The van der Waals surface area contributed by atoms with Gasteiger partial charge in [-0.05, 0) is 24.3 Å². The molecule has 0 radical (unpaired) electrons. The minimum absolute atomic E-state index is 0.345. The number of anilines is 2. The molecule has 0 aliphatic rings. The summed E-state index contributed by atoms with van der Waals surface area (Å²) in [6.45, 7) is 0. The molecular weight excluding hydrogens is 270 g/mol. The quantitative estimate of drug-likeness (QED) is 0.771. The third kappa shape index (κ3) is 2.94. The first-order chi connectivity index (χ1) is 10.2. The van der Waals surface area contributed by atoms with Gasteiger partial charge < -0.3 is 19.8 Å². The molecule has 0 saturated carbocycles. The van der Waals surface area contributed by atoms with Crippen LogP contribution >= 0.6 is 0 Å². The van der Waals surface area contributed by atoms with Crippen molar-refractivity contribution < 1.29 is 13.9 Å². The Morgan fingerprint density at radius 1 is 1.14 bits per heavy atom. The maximum Gasteiger partial charge on any atom is 0.323 e. The first-order valence-corrected chi connectivity index (χ1v) is 6.30. The van der Waals surface area contributed by atoms with Gasteiger partial charge in [-0.1, -0.05) is 6.07 Å². The Morgan fingerprint density at radius 2 is 1.95 bits per heavy atom. The van der Waals surface area contributed by atoms with Crippen molar-refractivity contribution in [2.45, 2.75) is 0 Å². The van der Waals surface area contributed by atoms with E-state index >= 15 is 0 Å². The third-order valence-electron chi connectivity index (χ3n) is 2.92.